The molecule has 0 saturated heterocycles. The third-order valence-electron chi connectivity index (χ3n) is 2.79. The molecule has 1 aromatic rings. The number of ether oxygens (including phenoxy) is 2. The molecule has 1 aliphatic heterocycles. The van der Waals surface area contributed by atoms with Crippen LogP contribution in [-0.4, -0.2) is 37.1 Å². The second-order valence-electron chi connectivity index (χ2n) is 4.46. The van der Waals surface area contributed by atoms with Crippen LogP contribution in [0.2, 0.25) is 0 Å². The predicted molar refractivity (Wildman–Crippen MR) is 67.6 cm³/mol. The van der Waals surface area contributed by atoms with E-state index in [-0.39, 0.29) is 5.91 Å². The molecule has 0 spiro atoms. The van der Waals surface area contributed by atoms with Crippen LogP contribution < -0.4 is 15.2 Å². The topological polar surface area (TPSA) is 64.8 Å². The molecular formula is C13H18N2O3. The average molecular weight is 250 g/mol. The number of amides is 1. The highest BCUT2D eigenvalue weighted by atomic mass is 16.6. The maximum Gasteiger partial charge on any atom is 0.239 e. The predicted octanol–water partition coefficient (Wildman–Crippen LogP) is 0.763. The van der Waals surface area contributed by atoms with Gasteiger partial charge in [-0.1, -0.05) is 6.07 Å². The van der Waals surface area contributed by atoms with Crippen molar-refractivity contribution in [2.24, 2.45) is 5.73 Å². The summed E-state index contributed by atoms with van der Waals surface area (Å²) < 4.78 is 10.9. The first-order chi connectivity index (χ1) is 8.58. The number of rotatable bonds is 3. The van der Waals surface area contributed by atoms with Gasteiger partial charge < -0.3 is 20.1 Å². The van der Waals surface area contributed by atoms with E-state index in [1.165, 1.54) is 0 Å². The second kappa shape index (κ2) is 5.27. The first-order valence-corrected chi connectivity index (χ1v) is 5.97. The zero-order valence-corrected chi connectivity index (χ0v) is 10.7. The van der Waals surface area contributed by atoms with Crippen molar-refractivity contribution in [3.63, 3.8) is 0 Å². The Labute approximate surface area is 106 Å². The highest BCUT2D eigenvalue weighted by Gasteiger charge is 2.16. The molecule has 1 aliphatic rings. The van der Waals surface area contributed by atoms with Crippen molar-refractivity contribution in [1.29, 1.82) is 0 Å². The van der Waals surface area contributed by atoms with Crippen LogP contribution in [-0.2, 0) is 11.3 Å². The fourth-order valence-electron chi connectivity index (χ4n) is 1.89. The van der Waals surface area contributed by atoms with E-state index in [1.807, 2.05) is 18.2 Å². The summed E-state index contributed by atoms with van der Waals surface area (Å²) in [6.45, 7) is 3.33. The van der Waals surface area contributed by atoms with Gasteiger partial charge in [-0.25, -0.2) is 0 Å². The van der Waals surface area contributed by atoms with E-state index in [1.54, 1.807) is 18.9 Å². The molecule has 0 bridgehead atoms. The minimum Gasteiger partial charge on any atom is -0.486 e. The van der Waals surface area contributed by atoms with Crippen LogP contribution in [0.3, 0.4) is 0 Å². The standard InChI is InChI=1S/C13H18N2O3/c1-9(14)13(16)15(2)8-10-3-4-11-12(7-10)18-6-5-17-11/h3-4,7,9H,5-6,8,14H2,1-2H3. The van der Waals surface area contributed by atoms with E-state index in [4.69, 9.17) is 15.2 Å². The molecular weight excluding hydrogens is 232 g/mol. The average Bonchev–Trinajstić information content (AvgIpc) is 2.37. The van der Waals surface area contributed by atoms with Gasteiger partial charge >= 0.3 is 0 Å². The molecule has 1 heterocycles. The van der Waals surface area contributed by atoms with Gasteiger partial charge in [0.2, 0.25) is 5.91 Å². The van der Waals surface area contributed by atoms with Gasteiger partial charge in [0, 0.05) is 13.6 Å². The Balaban J connectivity index is 2.08. The fourth-order valence-corrected chi connectivity index (χ4v) is 1.89. The van der Waals surface area contributed by atoms with Crippen molar-refractivity contribution in [1.82, 2.24) is 4.90 Å². The summed E-state index contributed by atoms with van der Waals surface area (Å²) in [4.78, 5) is 13.3. The van der Waals surface area contributed by atoms with E-state index in [2.05, 4.69) is 0 Å². The highest BCUT2D eigenvalue weighted by Crippen LogP contribution is 2.30. The molecule has 98 valence electrons. The van der Waals surface area contributed by atoms with E-state index in [0.717, 1.165) is 17.1 Å². The number of carbonyl (C=O) groups is 1. The van der Waals surface area contributed by atoms with Crippen molar-refractivity contribution >= 4 is 5.91 Å². The monoisotopic (exact) mass is 250 g/mol. The number of likely N-dealkylation sites (N-methyl/N-ethyl adjacent to an activating group) is 1. The summed E-state index contributed by atoms with van der Waals surface area (Å²) in [6, 6.07) is 5.22. The first-order valence-electron chi connectivity index (χ1n) is 5.97. The minimum atomic E-state index is -0.479. The van der Waals surface area contributed by atoms with E-state index in [0.29, 0.717) is 19.8 Å². The number of nitrogens with two attached hydrogens (primary N) is 1. The quantitative estimate of drug-likeness (QED) is 0.860. The smallest absolute Gasteiger partial charge is 0.239 e. The molecule has 2 N–H and O–H groups in total. The van der Waals surface area contributed by atoms with Crippen LogP contribution >= 0.6 is 0 Å². The van der Waals surface area contributed by atoms with Crippen LogP contribution in [0.25, 0.3) is 0 Å². The number of hydrogen-bond donors (Lipinski definition) is 1. The Morgan fingerprint density at radius 1 is 1.39 bits per heavy atom. The van der Waals surface area contributed by atoms with E-state index >= 15 is 0 Å². The molecule has 1 amide bonds. The Kier molecular flexibility index (Phi) is 3.72. The van der Waals surface area contributed by atoms with E-state index in [9.17, 15) is 4.79 Å². The number of fused-ring (bicyclic) bond motifs is 1. The molecule has 0 radical (unpaired) electrons. The van der Waals surface area contributed by atoms with Crippen molar-refractivity contribution in [3.05, 3.63) is 23.8 Å². The largest absolute Gasteiger partial charge is 0.486 e. The van der Waals surface area contributed by atoms with E-state index < -0.39 is 6.04 Å². The summed E-state index contributed by atoms with van der Waals surface area (Å²) in [5, 5.41) is 0. The highest BCUT2D eigenvalue weighted by molar-refractivity contribution is 5.80. The SMILES string of the molecule is CC(N)C(=O)N(C)Cc1ccc2c(c1)OCCO2. The summed E-state index contributed by atoms with van der Waals surface area (Å²) in [5.74, 6) is 1.41. The lowest BCUT2D eigenvalue weighted by molar-refractivity contribution is -0.131. The van der Waals surface area contributed by atoms with Crippen molar-refractivity contribution in [2.45, 2.75) is 19.5 Å². The van der Waals surface area contributed by atoms with Crippen LogP contribution in [0.15, 0.2) is 18.2 Å². The van der Waals surface area contributed by atoms with Crippen molar-refractivity contribution < 1.29 is 14.3 Å². The molecule has 5 heteroatoms. The van der Waals surface area contributed by atoms with Gasteiger partial charge in [-0.15, -0.1) is 0 Å². The van der Waals surface area contributed by atoms with Gasteiger partial charge in [-0.2, -0.15) is 0 Å². The molecule has 0 aliphatic carbocycles. The van der Waals surface area contributed by atoms with Crippen LogP contribution in [0.5, 0.6) is 11.5 Å². The number of benzene rings is 1. The lowest BCUT2D eigenvalue weighted by Gasteiger charge is -2.22. The Bertz CT molecular complexity index is 446. The fraction of sp³-hybridized carbons (Fsp3) is 0.462. The van der Waals surface area contributed by atoms with Crippen molar-refractivity contribution in [3.8, 4) is 11.5 Å². The Morgan fingerprint density at radius 3 is 2.72 bits per heavy atom. The van der Waals surface area contributed by atoms with Gasteiger partial charge in [-0.3, -0.25) is 4.79 Å². The van der Waals surface area contributed by atoms with Crippen LogP contribution in [0, 0.1) is 0 Å². The molecule has 1 atom stereocenters. The number of nitrogens with zero attached hydrogens (tertiary/aromatic N) is 1. The molecule has 18 heavy (non-hydrogen) atoms. The summed E-state index contributed by atoms with van der Waals surface area (Å²) in [5.41, 5.74) is 6.56. The van der Waals surface area contributed by atoms with Gasteiger partial charge in [-0.05, 0) is 24.6 Å². The summed E-state index contributed by atoms with van der Waals surface area (Å²) in [6.07, 6.45) is 0. The Morgan fingerprint density at radius 2 is 2.06 bits per heavy atom. The molecule has 1 aromatic carbocycles. The molecule has 2 rings (SSSR count). The molecule has 0 fully saturated rings. The number of hydrogen-bond acceptors (Lipinski definition) is 4. The number of carbonyl (C=O) groups excluding carboxylic acids is 1. The third-order valence-corrected chi connectivity index (χ3v) is 2.79. The Hall–Kier alpha value is -1.75. The van der Waals surface area contributed by atoms with Gasteiger partial charge in [0.25, 0.3) is 0 Å². The van der Waals surface area contributed by atoms with Crippen molar-refractivity contribution in [2.75, 3.05) is 20.3 Å². The molecule has 0 aromatic heterocycles. The minimum absolute atomic E-state index is 0.0788. The normalized spacial score (nSPS) is 15.1. The van der Waals surface area contributed by atoms with Gasteiger partial charge in [0.1, 0.15) is 13.2 Å². The third kappa shape index (κ3) is 2.73. The molecule has 0 saturated carbocycles. The van der Waals surface area contributed by atoms with Gasteiger partial charge in [0.15, 0.2) is 11.5 Å². The zero-order valence-electron chi connectivity index (χ0n) is 10.7. The zero-order chi connectivity index (χ0) is 13.1. The summed E-state index contributed by atoms with van der Waals surface area (Å²) >= 11 is 0. The van der Waals surface area contributed by atoms with Gasteiger partial charge in [0.05, 0.1) is 6.04 Å². The van der Waals surface area contributed by atoms with Crippen LogP contribution in [0.1, 0.15) is 12.5 Å². The molecule has 1 unspecified atom stereocenters. The maximum atomic E-state index is 11.7. The molecule has 5 nitrogen and oxygen atoms in total. The first kappa shape index (κ1) is 12.7. The summed E-state index contributed by atoms with van der Waals surface area (Å²) in [7, 11) is 1.74. The van der Waals surface area contributed by atoms with Crippen LogP contribution in [0.4, 0.5) is 0 Å². The second-order valence-corrected chi connectivity index (χ2v) is 4.46. The maximum absolute atomic E-state index is 11.7. The lowest BCUT2D eigenvalue weighted by atomic mass is 10.1. The lowest BCUT2D eigenvalue weighted by Crippen LogP contribution is -2.39.